The van der Waals surface area contributed by atoms with E-state index in [2.05, 4.69) is 27.9 Å². The number of urea groups is 1. The highest BCUT2D eigenvalue weighted by molar-refractivity contribution is 6.00. The summed E-state index contributed by atoms with van der Waals surface area (Å²) in [6.45, 7) is 3.97. The molecule has 2 aromatic rings. The van der Waals surface area contributed by atoms with Crippen molar-refractivity contribution in [3.05, 3.63) is 53.9 Å². The van der Waals surface area contributed by atoms with Crippen LogP contribution in [-0.2, 0) is 0 Å². The van der Waals surface area contributed by atoms with Crippen molar-refractivity contribution >= 4 is 17.4 Å². The number of amides is 2. The highest BCUT2D eigenvalue weighted by atomic mass is 16.2. The highest BCUT2D eigenvalue weighted by Crippen LogP contribution is 2.18. The average molecular weight is 284 g/mol. The maximum Gasteiger partial charge on any atom is 0.323 e. The van der Waals surface area contributed by atoms with Gasteiger partial charge in [-0.2, -0.15) is 0 Å². The van der Waals surface area contributed by atoms with Crippen LogP contribution in [0.15, 0.2) is 42.7 Å². The fourth-order valence-corrected chi connectivity index (χ4v) is 1.95. The Morgan fingerprint density at radius 1 is 1.24 bits per heavy atom. The van der Waals surface area contributed by atoms with Crippen molar-refractivity contribution in [1.29, 1.82) is 0 Å². The second-order valence-corrected chi connectivity index (χ2v) is 4.91. The minimum Gasteiger partial charge on any atom is -0.313 e. The average Bonchev–Trinajstić information content (AvgIpc) is 2.49. The number of anilines is 2. The Labute approximate surface area is 124 Å². The first-order chi connectivity index (χ1) is 10.1. The van der Waals surface area contributed by atoms with E-state index in [1.54, 1.807) is 18.5 Å². The topological polar surface area (TPSA) is 66.0 Å². The monoisotopic (exact) mass is 284 g/mol. The molecule has 2 rings (SSSR count). The minimum atomic E-state index is -0.265. The van der Waals surface area contributed by atoms with Crippen LogP contribution in [-0.4, -0.2) is 18.1 Å². The molecule has 0 spiro atoms. The first kappa shape index (κ1) is 15.0. The number of hydrogen-bond acceptors (Lipinski definition) is 3. The Hall–Kier alpha value is -2.40. The van der Waals surface area contributed by atoms with Gasteiger partial charge in [0.15, 0.2) is 0 Å². The summed E-state index contributed by atoms with van der Waals surface area (Å²) in [5.74, 6) is 0. The van der Waals surface area contributed by atoms with Gasteiger partial charge >= 0.3 is 6.03 Å². The van der Waals surface area contributed by atoms with Crippen LogP contribution >= 0.6 is 0 Å². The van der Waals surface area contributed by atoms with E-state index in [0.29, 0.717) is 0 Å². The number of carbonyl (C=O) groups is 1. The van der Waals surface area contributed by atoms with Gasteiger partial charge in [0.2, 0.25) is 0 Å². The van der Waals surface area contributed by atoms with Crippen molar-refractivity contribution in [3.8, 4) is 0 Å². The molecule has 2 amide bonds. The molecule has 0 aliphatic carbocycles. The van der Waals surface area contributed by atoms with Crippen LogP contribution in [0, 0.1) is 6.92 Å². The molecule has 1 aromatic heterocycles. The second kappa shape index (κ2) is 6.85. The lowest BCUT2D eigenvalue weighted by Gasteiger charge is -2.13. The van der Waals surface area contributed by atoms with Crippen molar-refractivity contribution in [2.45, 2.75) is 19.9 Å². The van der Waals surface area contributed by atoms with Crippen molar-refractivity contribution < 1.29 is 4.79 Å². The fourth-order valence-electron chi connectivity index (χ4n) is 1.95. The maximum absolute atomic E-state index is 12.0. The molecule has 0 saturated carbocycles. The lowest BCUT2D eigenvalue weighted by atomic mass is 10.1. The van der Waals surface area contributed by atoms with Gasteiger partial charge in [0.05, 0.1) is 0 Å². The number of benzene rings is 1. The summed E-state index contributed by atoms with van der Waals surface area (Å²) in [5.41, 5.74) is 3.56. The van der Waals surface area contributed by atoms with E-state index in [0.717, 1.165) is 22.5 Å². The normalized spacial score (nSPS) is 11.8. The Balaban J connectivity index is 2.05. The van der Waals surface area contributed by atoms with Gasteiger partial charge in [-0.3, -0.25) is 4.98 Å². The smallest absolute Gasteiger partial charge is 0.313 e. The molecule has 5 nitrogen and oxygen atoms in total. The van der Waals surface area contributed by atoms with Gasteiger partial charge in [0, 0.05) is 29.8 Å². The largest absolute Gasteiger partial charge is 0.323 e. The predicted molar refractivity (Wildman–Crippen MR) is 85.5 cm³/mol. The molecule has 1 aromatic carbocycles. The maximum atomic E-state index is 12.0. The van der Waals surface area contributed by atoms with E-state index in [1.165, 1.54) is 0 Å². The van der Waals surface area contributed by atoms with Gasteiger partial charge in [-0.1, -0.05) is 12.1 Å². The van der Waals surface area contributed by atoms with Crippen molar-refractivity contribution in [2.75, 3.05) is 17.7 Å². The molecule has 0 saturated heterocycles. The van der Waals surface area contributed by atoms with E-state index < -0.39 is 0 Å². The van der Waals surface area contributed by atoms with Gasteiger partial charge in [-0.15, -0.1) is 0 Å². The zero-order valence-electron chi connectivity index (χ0n) is 12.5. The molecule has 5 heteroatoms. The van der Waals surface area contributed by atoms with E-state index in [-0.39, 0.29) is 12.1 Å². The Kier molecular flexibility index (Phi) is 4.90. The van der Waals surface area contributed by atoms with Gasteiger partial charge in [-0.25, -0.2) is 4.79 Å². The summed E-state index contributed by atoms with van der Waals surface area (Å²) < 4.78 is 0. The zero-order chi connectivity index (χ0) is 15.2. The molecule has 1 heterocycles. The molecule has 0 fully saturated rings. The van der Waals surface area contributed by atoms with Crippen LogP contribution in [0.4, 0.5) is 16.2 Å². The summed E-state index contributed by atoms with van der Waals surface area (Å²) in [6, 6.07) is 9.52. The number of rotatable bonds is 4. The first-order valence-electron chi connectivity index (χ1n) is 6.86. The van der Waals surface area contributed by atoms with Gasteiger partial charge in [0.25, 0.3) is 0 Å². The lowest BCUT2D eigenvalue weighted by molar-refractivity contribution is 0.262. The SMILES string of the molecule is CNC(C)c1cccc(NC(=O)Nc2ccncc2C)c1. The fraction of sp³-hybridized carbons (Fsp3) is 0.250. The van der Waals surface area contributed by atoms with Crippen molar-refractivity contribution in [3.63, 3.8) is 0 Å². The van der Waals surface area contributed by atoms with Crippen molar-refractivity contribution in [2.24, 2.45) is 0 Å². The molecule has 0 aliphatic rings. The van der Waals surface area contributed by atoms with Gasteiger partial charge in [0.1, 0.15) is 0 Å². The number of pyridine rings is 1. The third kappa shape index (κ3) is 4.03. The van der Waals surface area contributed by atoms with Crippen LogP contribution in [0.3, 0.4) is 0 Å². The predicted octanol–water partition coefficient (Wildman–Crippen LogP) is 3.31. The Morgan fingerprint density at radius 3 is 2.76 bits per heavy atom. The Bertz CT molecular complexity index is 627. The van der Waals surface area contributed by atoms with E-state index in [9.17, 15) is 4.79 Å². The van der Waals surface area contributed by atoms with Crippen LogP contribution in [0.25, 0.3) is 0 Å². The number of hydrogen-bond donors (Lipinski definition) is 3. The molecule has 0 aliphatic heterocycles. The quantitative estimate of drug-likeness (QED) is 0.807. The summed E-state index contributed by atoms with van der Waals surface area (Å²) in [5, 5.41) is 8.83. The molecule has 0 radical (unpaired) electrons. The number of nitrogens with one attached hydrogen (secondary N) is 3. The number of nitrogens with zero attached hydrogens (tertiary/aromatic N) is 1. The van der Waals surface area contributed by atoms with Gasteiger partial charge < -0.3 is 16.0 Å². The Morgan fingerprint density at radius 2 is 2.05 bits per heavy atom. The summed E-state index contributed by atoms with van der Waals surface area (Å²) in [6.07, 6.45) is 3.36. The lowest BCUT2D eigenvalue weighted by Crippen LogP contribution is -2.20. The number of aromatic nitrogens is 1. The summed E-state index contributed by atoms with van der Waals surface area (Å²) in [4.78, 5) is 16.0. The third-order valence-corrected chi connectivity index (χ3v) is 3.35. The first-order valence-corrected chi connectivity index (χ1v) is 6.86. The zero-order valence-corrected chi connectivity index (χ0v) is 12.5. The molecule has 1 unspecified atom stereocenters. The minimum absolute atomic E-state index is 0.234. The summed E-state index contributed by atoms with van der Waals surface area (Å²) in [7, 11) is 1.91. The van der Waals surface area contributed by atoms with Crippen LogP contribution < -0.4 is 16.0 Å². The van der Waals surface area contributed by atoms with Gasteiger partial charge in [-0.05, 0) is 50.2 Å². The standard InChI is InChI=1S/C16H20N4O/c1-11-10-18-8-7-15(11)20-16(21)19-14-6-4-5-13(9-14)12(2)17-3/h4-10,12,17H,1-3H3,(H2,18,19,20,21). The molecule has 0 bridgehead atoms. The van der Waals surface area contributed by atoms with E-state index in [1.807, 2.05) is 38.2 Å². The molecule has 1 atom stereocenters. The molecule has 21 heavy (non-hydrogen) atoms. The number of carbonyl (C=O) groups excluding carboxylic acids is 1. The van der Waals surface area contributed by atoms with Crippen LogP contribution in [0.5, 0.6) is 0 Å². The molecule has 3 N–H and O–H groups in total. The molecular weight excluding hydrogens is 264 g/mol. The van der Waals surface area contributed by atoms with Crippen LogP contribution in [0.1, 0.15) is 24.1 Å². The summed E-state index contributed by atoms with van der Waals surface area (Å²) >= 11 is 0. The van der Waals surface area contributed by atoms with Crippen molar-refractivity contribution in [1.82, 2.24) is 10.3 Å². The number of aryl methyl sites for hydroxylation is 1. The molecule has 110 valence electrons. The van der Waals surface area contributed by atoms with E-state index in [4.69, 9.17) is 0 Å². The second-order valence-electron chi connectivity index (χ2n) is 4.91. The third-order valence-electron chi connectivity index (χ3n) is 3.35. The highest BCUT2D eigenvalue weighted by Gasteiger charge is 2.07. The van der Waals surface area contributed by atoms with Crippen LogP contribution in [0.2, 0.25) is 0 Å². The molecular formula is C16H20N4O. The van der Waals surface area contributed by atoms with E-state index >= 15 is 0 Å².